The van der Waals surface area contributed by atoms with E-state index >= 15 is 0 Å². The van der Waals surface area contributed by atoms with Gasteiger partial charge in [-0.25, -0.2) is 4.98 Å². The second-order valence-electron chi connectivity index (χ2n) is 10.6. The molecule has 1 N–H and O–H groups in total. The van der Waals surface area contributed by atoms with Crippen LogP contribution in [0.1, 0.15) is 64.5 Å². The lowest BCUT2D eigenvalue weighted by molar-refractivity contribution is 0.0563. The van der Waals surface area contributed by atoms with Crippen LogP contribution in [0.5, 0.6) is 5.75 Å². The van der Waals surface area contributed by atoms with Crippen molar-refractivity contribution in [1.82, 2.24) is 24.3 Å². The maximum absolute atomic E-state index is 14.1. The molecule has 0 atom stereocenters. The predicted octanol–water partition coefficient (Wildman–Crippen LogP) is 3.78. The Morgan fingerprint density at radius 2 is 2.03 bits per heavy atom. The maximum Gasteiger partial charge on any atom is 0.254 e. The number of fused-ring (bicyclic) bond motifs is 2. The molecule has 1 amide bonds. The van der Waals surface area contributed by atoms with Crippen LogP contribution in [-0.2, 0) is 25.0 Å². The number of nitriles is 1. The number of hydrogen-bond donors (Lipinski definition) is 1. The number of hydrogen-bond acceptors (Lipinski definition) is 7. The topological polar surface area (TPSA) is 99.3 Å². The summed E-state index contributed by atoms with van der Waals surface area (Å²) < 4.78 is 7.72. The molecule has 2 aromatic heterocycles. The van der Waals surface area contributed by atoms with Gasteiger partial charge in [0, 0.05) is 55.8 Å². The summed E-state index contributed by atoms with van der Waals surface area (Å²) in [6.07, 6.45) is 8.57. The van der Waals surface area contributed by atoms with Crippen molar-refractivity contribution in [3.8, 4) is 11.8 Å². The average molecular weight is 514 g/mol. The monoisotopic (exact) mass is 513 g/mol. The van der Waals surface area contributed by atoms with Crippen LogP contribution in [0.25, 0.3) is 0 Å². The quantitative estimate of drug-likeness (QED) is 0.465. The largest absolute Gasteiger partial charge is 0.492 e. The number of nitrogens with zero attached hydrogens (tertiary/aromatic N) is 6. The van der Waals surface area contributed by atoms with E-state index in [0.29, 0.717) is 37.6 Å². The minimum atomic E-state index is -0.0341. The fourth-order valence-electron chi connectivity index (χ4n) is 5.93. The first-order valence-electron chi connectivity index (χ1n) is 13.2. The summed E-state index contributed by atoms with van der Waals surface area (Å²) in [6.45, 7) is 4.81. The number of ether oxygens (including phenoxy) is 1. The molecule has 9 nitrogen and oxygen atoms in total. The summed E-state index contributed by atoms with van der Waals surface area (Å²) in [5.41, 5.74) is 5.43. The van der Waals surface area contributed by atoms with E-state index in [-0.39, 0.29) is 11.3 Å². The molecule has 9 heteroatoms. The fourth-order valence-corrected chi connectivity index (χ4v) is 5.93. The van der Waals surface area contributed by atoms with Gasteiger partial charge in [0.05, 0.1) is 25.4 Å². The lowest BCUT2D eigenvalue weighted by Gasteiger charge is -2.50. The van der Waals surface area contributed by atoms with Gasteiger partial charge in [-0.2, -0.15) is 5.26 Å². The van der Waals surface area contributed by atoms with Crippen LogP contribution in [0.4, 0.5) is 5.95 Å². The Bertz CT molecular complexity index is 1380. The van der Waals surface area contributed by atoms with Crippen LogP contribution in [-0.4, -0.2) is 64.5 Å². The summed E-state index contributed by atoms with van der Waals surface area (Å²) >= 11 is 0. The van der Waals surface area contributed by atoms with E-state index in [1.54, 1.807) is 18.5 Å². The SMILES string of the molecule is CCOc1cc(CN2CC3(CCC3)c3c(CN(C)C)cc(Cn4ccnc4NC)cc3C2=O)ncc1C#N. The first kappa shape index (κ1) is 25.7. The van der Waals surface area contributed by atoms with Crippen LogP contribution >= 0.6 is 0 Å². The molecule has 38 heavy (non-hydrogen) atoms. The Kier molecular flexibility index (Phi) is 7.09. The first-order valence-corrected chi connectivity index (χ1v) is 13.2. The smallest absolute Gasteiger partial charge is 0.254 e. The first-order chi connectivity index (χ1) is 18.4. The zero-order valence-electron chi connectivity index (χ0n) is 22.6. The third-order valence-corrected chi connectivity index (χ3v) is 7.61. The lowest BCUT2D eigenvalue weighted by Crippen LogP contribution is -2.53. The van der Waals surface area contributed by atoms with Gasteiger partial charge in [0.15, 0.2) is 0 Å². The van der Waals surface area contributed by atoms with Gasteiger partial charge >= 0.3 is 0 Å². The molecule has 1 fully saturated rings. The highest BCUT2D eigenvalue weighted by atomic mass is 16.5. The molecule has 3 heterocycles. The second-order valence-corrected chi connectivity index (χ2v) is 10.6. The lowest BCUT2D eigenvalue weighted by atomic mass is 9.60. The van der Waals surface area contributed by atoms with Crippen molar-refractivity contribution in [2.45, 2.75) is 51.2 Å². The Hall–Kier alpha value is -3.90. The number of amides is 1. The van der Waals surface area contributed by atoms with Crippen LogP contribution in [0.3, 0.4) is 0 Å². The molecule has 0 saturated heterocycles. The number of anilines is 1. The Morgan fingerprint density at radius 3 is 2.68 bits per heavy atom. The molecule has 0 bridgehead atoms. The van der Waals surface area contributed by atoms with Crippen LogP contribution in [0.2, 0.25) is 0 Å². The molecule has 1 saturated carbocycles. The number of aromatic nitrogens is 3. The minimum Gasteiger partial charge on any atom is -0.492 e. The van der Waals surface area contributed by atoms with E-state index in [1.165, 1.54) is 11.1 Å². The number of benzene rings is 1. The number of pyridine rings is 1. The molecule has 1 spiro atoms. The van der Waals surface area contributed by atoms with E-state index in [1.807, 2.05) is 25.1 Å². The summed E-state index contributed by atoms with van der Waals surface area (Å²) in [4.78, 5) is 27.0. The predicted molar refractivity (Wildman–Crippen MR) is 145 cm³/mol. The van der Waals surface area contributed by atoms with Gasteiger partial charge in [-0.05, 0) is 56.6 Å². The van der Waals surface area contributed by atoms with E-state index in [9.17, 15) is 10.1 Å². The van der Waals surface area contributed by atoms with Crippen LogP contribution in [0, 0.1) is 11.3 Å². The van der Waals surface area contributed by atoms with Gasteiger partial charge in [-0.3, -0.25) is 9.78 Å². The maximum atomic E-state index is 14.1. The third kappa shape index (κ3) is 4.72. The van der Waals surface area contributed by atoms with E-state index in [2.05, 4.69) is 57.0 Å². The van der Waals surface area contributed by atoms with Crippen molar-refractivity contribution in [3.63, 3.8) is 0 Å². The summed E-state index contributed by atoms with van der Waals surface area (Å²) in [6, 6.07) is 8.29. The minimum absolute atomic E-state index is 0.0305. The highest BCUT2D eigenvalue weighted by molar-refractivity contribution is 5.98. The van der Waals surface area contributed by atoms with Gasteiger partial charge in [-0.1, -0.05) is 12.5 Å². The number of carbonyl (C=O) groups is 1. The van der Waals surface area contributed by atoms with Gasteiger partial charge < -0.3 is 24.4 Å². The normalized spacial score (nSPS) is 15.8. The van der Waals surface area contributed by atoms with Crippen molar-refractivity contribution < 1.29 is 9.53 Å². The number of carbonyl (C=O) groups excluding carboxylic acids is 1. The number of rotatable bonds is 9. The second kappa shape index (κ2) is 10.5. The van der Waals surface area contributed by atoms with Crippen molar-refractivity contribution in [3.05, 3.63) is 70.3 Å². The fraction of sp³-hybridized carbons (Fsp3) is 0.448. The third-order valence-electron chi connectivity index (χ3n) is 7.61. The van der Waals surface area contributed by atoms with Crippen molar-refractivity contribution in [2.24, 2.45) is 0 Å². The van der Waals surface area contributed by atoms with Gasteiger partial charge in [0.1, 0.15) is 17.4 Å². The molecule has 198 valence electrons. The highest BCUT2D eigenvalue weighted by Crippen LogP contribution is 2.50. The van der Waals surface area contributed by atoms with Crippen molar-refractivity contribution in [1.29, 1.82) is 5.26 Å². The molecule has 2 aliphatic rings. The van der Waals surface area contributed by atoms with Crippen LogP contribution in [0.15, 0.2) is 36.8 Å². The molecule has 5 rings (SSSR count). The summed E-state index contributed by atoms with van der Waals surface area (Å²) in [5, 5.41) is 12.5. The highest BCUT2D eigenvalue weighted by Gasteiger charge is 2.48. The molecule has 1 aromatic carbocycles. The van der Waals surface area contributed by atoms with Crippen molar-refractivity contribution >= 4 is 11.9 Å². The average Bonchev–Trinajstić information content (AvgIpc) is 3.32. The zero-order valence-corrected chi connectivity index (χ0v) is 22.6. The Balaban J connectivity index is 1.54. The zero-order chi connectivity index (χ0) is 26.9. The summed E-state index contributed by atoms with van der Waals surface area (Å²) in [5.74, 6) is 1.33. The molecule has 0 radical (unpaired) electrons. The van der Waals surface area contributed by atoms with Crippen molar-refractivity contribution in [2.75, 3.05) is 39.6 Å². The van der Waals surface area contributed by atoms with Gasteiger partial charge in [-0.15, -0.1) is 0 Å². The number of nitrogens with one attached hydrogen (secondary N) is 1. The standard InChI is InChI=1S/C29H35N7O2/c1-5-38-25-13-23(33-15-22(25)14-30)18-36-19-29(7-6-8-29)26-21(17-34(3)4)11-20(12-24(26)27(36)37)16-35-10-9-32-28(35)31-2/h9-13,15H,5-8,16-19H2,1-4H3,(H,31,32). The van der Waals surface area contributed by atoms with E-state index < -0.39 is 0 Å². The molecule has 3 aromatic rings. The summed E-state index contributed by atoms with van der Waals surface area (Å²) in [7, 11) is 6.01. The molecule has 0 unspecified atom stereocenters. The van der Waals surface area contributed by atoms with E-state index in [4.69, 9.17) is 4.74 Å². The Labute approximate surface area is 224 Å². The van der Waals surface area contributed by atoms with Crippen LogP contribution < -0.4 is 10.1 Å². The van der Waals surface area contributed by atoms with E-state index in [0.717, 1.165) is 48.6 Å². The number of imidazole rings is 1. The molecule has 1 aliphatic heterocycles. The van der Waals surface area contributed by atoms with Gasteiger partial charge in [0.2, 0.25) is 5.95 Å². The Morgan fingerprint density at radius 1 is 1.21 bits per heavy atom. The molecular formula is C29H35N7O2. The molecule has 1 aliphatic carbocycles. The van der Waals surface area contributed by atoms with Gasteiger partial charge in [0.25, 0.3) is 5.91 Å². The molecular weight excluding hydrogens is 478 g/mol.